The smallest absolute Gasteiger partial charge is 0.310 e. The number of nitrogens with one attached hydrogen (secondary N) is 1. The highest BCUT2D eigenvalue weighted by Crippen LogP contribution is 2.28. The van der Waals surface area contributed by atoms with Crippen LogP contribution in [0.5, 0.6) is 5.75 Å². The van der Waals surface area contributed by atoms with Crippen LogP contribution in [0.25, 0.3) is 0 Å². The van der Waals surface area contributed by atoms with Crippen LogP contribution in [0.2, 0.25) is 0 Å². The molecule has 0 aliphatic rings. The van der Waals surface area contributed by atoms with Crippen molar-refractivity contribution in [3.05, 3.63) is 39.4 Å². The van der Waals surface area contributed by atoms with Crippen LogP contribution in [-0.4, -0.2) is 27.6 Å². The van der Waals surface area contributed by atoms with E-state index in [1.165, 1.54) is 29.5 Å². The van der Waals surface area contributed by atoms with Crippen LogP contribution in [0, 0.1) is 10.1 Å². The molecule has 0 saturated carbocycles. The third-order valence-corrected chi connectivity index (χ3v) is 4.44. The molecule has 1 heterocycles. The number of nitro groups is 1. The SMILES string of the molecule is CCC(CC)c1nnc(NC(=O)COc2ccccc2[N+](=O)[O-])s1. The lowest BCUT2D eigenvalue weighted by Gasteiger charge is -2.06. The number of nitro benzene ring substituents is 1. The van der Waals surface area contributed by atoms with Crippen molar-refractivity contribution >= 4 is 28.1 Å². The number of hydrogen-bond acceptors (Lipinski definition) is 7. The second-order valence-electron chi connectivity index (χ2n) is 5.02. The van der Waals surface area contributed by atoms with E-state index in [1.54, 1.807) is 6.07 Å². The lowest BCUT2D eigenvalue weighted by molar-refractivity contribution is -0.385. The molecule has 0 saturated heterocycles. The Kier molecular flexibility index (Phi) is 6.19. The first-order valence-corrected chi connectivity index (χ1v) is 8.36. The zero-order chi connectivity index (χ0) is 17.5. The summed E-state index contributed by atoms with van der Waals surface area (Å²) in [6.07, 6.45) is 1.92. The van der Waals surface area contributed by atoms with E-state index >= 15 is 0 Å². The molecule has 1 amide bonds. The Morgan fingerprint density at radius 1 is 1.33 bits per heavy atom. The summed E-state index contributed by atoms with van der Waals surface area (Å²) in [5.74, 6) is -0.0654. The molecule has 24 heavy (non-hydrogen) atoms. The van der Waals surface area contributed by atoms with E-state index in [2.05, 4.69) is 29.4 Å². The first kappa shape index (κ1) is 17.8. The molecule has 0 fully saturated rings. The number of amides is 1. The number of ether oxygens (including phenoxy) is 1. The van der Waals surface area contributed by atoms with Gasteiger partial charge in [-0.05, 0) is 18.9 Å². The highest BCUT2D eigenvalue weighted by atomic mass is 32.1. The standard InChI is InChI=1S/C15H18N4O4S/c1-3-10(4-2)14-17-18-15(24-14)16-13(20)9-23-12-8-6-5-7-11(12)19(21)22/h5-8,10H,3-4,9H2,1-2H3,(H,16,18,20). The van der Waals surface area contributed by atoms with Gasteiger partial charge in [0.25, 0.3) is 5.91 Å². The number of hydrogen-bond donors (Lipinski definition) is 1. The predicted molar refractivity (Wildman–Crippen MR) is 90.5 cm³/mol. The molecule has 9 heteroatoms. The van der Waals surface area contributed by atoms with E-state index in [1.807, 2.05) is 0 Å². The minimum absolute atomic E-state index is 0.0487. The van der Waals surface area contributed by atoms with Crippen LogP contribution in [-0.2, 0) is 4.79 Å². The predicted octanol–water partition coefficient (Wildman–Crippen LogP) is 3.37. The molecular weight excluding hydrogens is 332 g/mol. The Morgan fingerprint density at radius 2 is 2.04 bits per heavy atom. The van der Waals surface area contributed by atoms with E-state index in [-0.39, 0.29) is 18.0 Å². The van der Waals surface area contributed by atoms with Gasteiger partial charge in [-0.3, -0.25) is 20.2 Å². The topological polar surface area (TPSA) is 107 Å². The Bertz CT molecular complexity index is 715. The Hall–Kier alpha value is -2.55. The van der Waals surface area contributed by atoms with E-state index in [0.717, 1.165) is 17.8 Å². The van der Waals surface area contributed by atoms with Crippen molar-refractivity contribution in [3.8, 4) is 5.75 Å². The maximum Gasteiger partial charge on any atom is 0.310 e. The Morgan fingerprint density at radius 3 is 2.71 bits per heavy atom. The fraction of sp³-hybridized carbons (Fsp3) is 0.400. The van der Waals surface area contributed by atoms with Gasteiger partial charge in [0.2, 0.25) is 5.13 Å². The molecule has 0 spiro atoms. The van der Waals surface area contributed by atoms with E-state index in [4.69, 9.17) is 4.74 Å². The zero-order valence-corrected chi connectivity index (χ0v) is 14.2. The van der Waals surface area contributed by atoms with E-state index in [9.17, 15) is 14.9 Å². The first-order chi connectivity index (χ1) is 11.5. The van der Waals surface area contributed by atoms with Crippen molar-refractivity contribution in [2.45, 2.75) is 32.6 Å². The molecule has 0 unspecified atom stereocenters. The van der Waals surface area contributed by atoms with Crippen LogP contribution in [0.3, 0.4) is 0 Å². The molecule has 0 bridgehead atoms. The van der Waals surface area contributed by atoms with Crippen molar-refractivity contribution in [2.24, 2.45) is 0 Å². The Labute approximate surface area is 143 Å². The van der Waals surface area contributed by atoms with Gasteiger partial charge < -0.3 is 4.74 Å². The van der Waals surface area contributed by atoms with Gasteiger partial charge in [-0.15, -0.1) is 10.2 Å². The lowest BCUT2D eigenvalue weighted by atomic mass is 10.1. The van der Waals surface area contributed by atoms with Crippen molar-refractivity contribution in [1.82, 2.24) is 10.2 Å². The number of rotatable bonds is 8. The maximum absolute atomic E-state index is 11.9. The molecule has 128 valence electrons. The highest BCUT2D eigenvalue weighted by molar-refractivity contribution is 7.15. The molecule has 1 aromatic heterocycles. The molecule has 8 nitrogen and oxygen atoms in total. The summed E-state index contributed by atoms with van der Waals surface area (Å²) in [7, 11) is 0. The van der Waals surface area contributed by atoms with Crippen LogP contribution in [0.15, 0.2) is 24.3 Å². The summed E-state index contributed by atoms with van der Waals surface area (Å²) in [5, 5.41) is 22.8. The summed E-state index contributed by atoms with van der Waals surface area (Å²) in [6, 6.07) is 5.90. The molecule has 0 aliphatic carbocycles. The molecule has 2 aromatic rings. The van der Waals surface area contributed by atoms with Gasteiger partial charge in [0.05, 0.1) is 4.92 Å². The van der Waals surface area contributed by atoms with Crippen LogP contribution in [0.1, 0.15) is 37.6 Å². The first-order valence-electron chi connectivity index (χ1n) is 7.54. The third kappa shape index (κ3) is 4.48. The number of benzene rings is 1. The minimum Gasteiger partial charge on any atom is -0.477 e. The normalized spacial score (nSPS) is 10.6. The fourth-order valence-corrected chi connectivity index (χ4v) is 3.14. The van der Waals surface area contributed by atoms with Crippen molar-refractivity contribution in [3.63, 3.8) is 0 Å². The summed E-state index contributed by atoms with van der Waals surface area (Å²) in [5.41, 5.74) is -0.183. The quantitative estimate of drug-likeness (QED) is 0.578. The zero-order valence-electron chi connectivity index (χ0n) is 13.4. The largest absolute Gasteiger partial charge is 0.477 e. The molecule has 1 N–H and O–H groups in total. The van der Waals surface area contributed by atoms with Gasteiger partial charge in [-0.1, -0.05) is 37.3 Å². The van der Waals surface area contributed by atoms with Gasteiger partial charge in [-0.2, -0.15) is 0 Å². The summed E-state index contributed by atoms with van der Waals surface area (Å²) in [6.45, 7) is 3.81. The molecule has 1 aromatic carbocycles. The molecular formula is C15H18N4O4S. The lowest BCUT2D eigenvalue weighted by Crippen LogP contribution is -2.20. The van der Waals surface area contributed by atoms with Crippen LogP contribution < -0.4 is 10.1 Å². The van der Waals surface area contributed by atoms with E-state index in [0.29, 0.717) is 11.0 Å². The Balaban J connectivity index is 1.94. The van der Waals surface area contributed by atoms with Crippen molar-refractivity contribution in [2.75, 3.05) is 11.9 Å². The highest BCUT2D eigenvalue weighted by Gasteiger charge is 2.17. The van der Waals surface area contributed by atoms with Crippen LogP contribution in [0.4, 0.5) is 10.8 Å². The fourth-order valence-electron chi connectivity index (χ4n) is 2.12. The molecule has 0 aliphatic heterocycles. The number of para-hydroxylation sites is 2. The van der Waals surface area contributed by atoms with Gasteiger partial charge in [0.15, 0.2) is 12.4 Å². The summed E-state index contributed by atoms with van der Waals surface area (Å²) >= 11 is 1.33. The number of nitrogens with zero attached hydrogens (tertiary/aromatic N) is 3. The average molecular weight is 350 g/mol. The van der Waals surface area contributed by atoms with Crippen molar-refractivity contribution < 1.29 is 14.5 Å². The summed E-state index contributed by atoms with van der Waals surface area (Å²) < 4.78 is 5.23. The third-order valence-electron chi connectivity index (χ3n) is 3.44. The second kappa shape index (κ2) is 8.34. The number of aromatic nitrogens is 2. The molecule has 0 atom stereocenters. The van der Waals surface area contributed by atoms with Gasteiger partial charge in [-0.25, -0.2) is 0 Å². The van der Waals surface area contributed by atoms with E-state index < -0.39 is 10.8 Å². The molecule has 2 rings (SSSR count). The minimum atomic E-state index is -0.556. The number of carbonyl (C=O) groups excluding carboxylic acids is 1. The van der Waals surface area contributed by atoms with Gasteiger partial charge >= 0.3 is 5.69 Å². The number of carbonyl (C=O) groups is 1. The van der Waals surface area contributed by atoms with Gasteiger partial charge in [0.1, 0.15) is 5.01 Å². The van der Waals surface area contributed by atoms with Crippen LogP contribution >= 0.6 is 11.3 Å². The maximum atomic E-state index is 11.9. The molecule has 0 radical (unpaired) electrons. The monoisotopic (exact) mass is 350 g/mol. The van der Waals surface area contributed by atoms with Gasteiger partial charge in [0, 0.05) is 12.0 Å². The number of anilines is 1. The second-order valence-corrected chi connectivity index (χ2v) is 6.03. The summed E-state index contributed by atoms with van der Waals surface area (Å²) in [4.78, 5) is 22.3. The van der Waals surface area contributed by atoms with Crippen molar-refractivity contribution in [1.29, 1.82) is 0 Å². The average Bonchev–Trinajstić information content (AvgIpc) is 3.02.